The predicted octanol–water partition coefficient (Wildman–Crippen LogP) is 2.15. The van der Waals surface area contributed by atoms with Crippen LogP contribution in [-0.2, 0) is 12.0 Å². The van der Waals surface area contributed by atoms with Crippen molar-refractivity contribution in [3.05, 3.63) is 58.8 Å². The minimum Gasteiger partial charge on any atom is -0.383 e. The van der Waals surface area contributed by atoms with Crippen LogP contribution in [0.4, 0.5) is 5.82 Å². The summed E-state index contributed by atoms with van der Waals surface area (Å²) in [7, 11) is 0. The van der Waals surface area contributed by atoms with Crippen molar-refractivity contribution in [3.63, 3.8) is 0 Å². The second kappa shape index (κ2) is 3.82. The number of rotatable bonds is 1. The molecule has 1 aliphatic rings. The van der Waals surface area contributed by atoms with Crippen LogP contribution < -0.4 is 5.73 Å². The van der Waals surface area contributed by atoms with E-state index in [9.17, 15) is 5.11 Å². The molecular weight excluding hydrogens is 224 g/mol. The lowest BCUT2D eigenvalue weighted by atomic mass is 9.85. The number of hydrogen-bond donors (Lipinski definition) is 2. The maximum absolute atomic E-state index is 11.1. The molecule has 0 spiro atoms. The molecule has 2 aromatic rings. The highest BCUT2D eigenvalue weighted by Crippen LogP contribution is 2.44. The number of pyridine rings is 1. The molecule has 1 aromatic heterocycles. The van der Waals surface area contributed by atoms with Crippen LogP contribution in [0.5, 0.6) is 0 Å². The molecule has 0 radical (unpaired) electrons. The standard InChI is InChI=1S/C15H16N2O/c1-10-7-9-17-14(16)13(10)15(18)8-6-11-4-2-3-5-12(11)15/h2-5,7,9,18H,6,8H2,1H3,(H2,16,17). The van der Waals surface area contributed by atoms with Crippen LogP contribution >= 0.6 is 0 Å². The summed E-state index contributed by atoms with van der Waals surface area (Å²) in [5.74, 6) is 0.425. The lowest BCUT2D eigenvalue weighted by Gasteiger charge is -2.27. The van der Waals surface area contributed by atoms with E-state index < -0.39 is 5.60 Å². The van der Waals surface area contributed by atoms with Gasteiger partial charge in [-0.15, -0.1) is 0 Å². The monoisotopic (exact) mass is 240 g/mol. The van der Waals surface area contributed by atoms with Crippen molar-refractivity contribution in [1.29, 1.82) is 0 Å². The summed E-state index contributed by atoms with van der Waals surface area (Å²) >= 11 is 0. The van der Waals surface area contributed by atoms with E-state index >= 15 is 0 Å². The van der Waals surface area contributed by atoms with Gasteiger partial charge >= 0.3 is 0 Å². The summed E-state index contributed by atoms with van der Waals surface area (Å²) in [6.07, 6.45) is 3.22. The van der Waals surface area contributed by atoms with E-state index in [4.69, 9.17) is 5.73 Å². The number of fused-ring (bicyclic) bond motifs is 1. The molecule has 3 heteroatoms. The highest BCUT2D eigenvalue weighted by atomic mass is 16.3. The number of nitrogen functional groups attached to an aromatic ring is 1. The van der Waals surface area contributed by atoms with Crippen LogP contribution in [0.2, 0.25) is 0 Å². The zero-order valence-corrected chi connectivity index (χ0v) is 10.4. The molecule has 0 saturated heterocycles. The van der Waals surface area contributed by atoms with Crippen molar-refractivity contribution < 1.29 is 5.11 Å². The van der Waals surface area contributed by atoms with E-state index in [0.29, 0.717) is 12.2 Å². The van der Waals surface area contributed by atoms with Gasteiger partial charge in [-0.05, 0) is 42.5 Å². The smallest absolute Gasteiger partial charge is 0.130 e. The van der Waals surface area contributed by atoms with Gasteiger partial charge in [0.2, 0.25) is 0 Å². The quantitative estimate of drug-likeness (QED) is 0.803. The Morgan fingerprint density at radius 3 is 2.83 bits per heavy atom. The molecule has 1 aromatic carbocycles. The minimum absolute atomic E-state index is 0.425. The van der Waals surface area contributed by atoms with Crippen LogP contribution in [0, 0.1) is 6.92 Å². The third-order valence-electron chi connectivity index (χ3n) is 3.82. The van der Waals surface area contributed by atoms with Crippen LogP contribution in [0.15, 0.2) is 36.5 Å². The third-order valence-corrected chi connectivity index (χ3v) is 3.82. The van der Waals surface area contributed by atoms with E-state index in [1.54, 1.807) is 6.20 Å². The van der Waals surface area contributed by atoms with Gasteiger partial charge in [0, 0.05) is 11.8 Å². The van der Waals surface area contributed by atoms with Crippen molar-refractivity contribution in [1.82, 2.24) is 4.98 Å². The van der Waals surface area contributed by atoms with E-state index in [0.717, 1.165) is 23.1 Å². The van der Waals surface area contributed by atoms with Gasteiger partial charge in [0.15, 0.2) is 0 Å². The average molecular weight is 240 g/mol. The fourth-order valence-corrected chi connectivity index (χ4v) is 2.97. The van der Waals surface area contributed by atoms with Gasteiger partial charge in [-0.3, -0.25) is 0 Å². The molecule has 3 rings (SSSR count). The molecule has 1 atom stereocenters. The van der Waals surface area contributed by atoms with Gasteiger partial charge in [-0.25, -0.2) is 4.98 Å². The number of anilines is 1. The Hall–Kier alpha value is -1.87. The van der Waals surface area contributed by atoms with Gasteiger partial charge in [0.25, 0.3) is 0 Å². The SMILES string of the molecule is Cc1ccnc(N)c1C1(O)CCc2ccccc21. The van der Waals surface area contributed by atoms with Crippen LogP contribution in [0.1, 0.15) is 28.7 Å². The lowest BCUT2D eigenvalue weighted by Crippen LogP contribution is -2.27. The summed E-state index contributed by atoms with van der Waals surface area (Å²) in [6, 6.07) is 9.90. The summed E-state index contributed by atoms with van der Waals surface area (Å²) in [5.41, 5.74) is 8.89. The topological polar surface area (TPSA) is 59.1 Å². The number of aliphatic hydroxyl groups is 1. The number of benzene rings is 1. The highest BCUT2D eigenvalue weighted by Gasteiger charge is 2.40. The first-order valence-electron chi connectivity index (χ1n) is 6.15. The van der Waals surface area contributed by atoms with Crippen LogP contribution in [0.25, 0.3) is 0 Å². The van der Waals surface area contributed by atoms with Crippen molar-refractivity contribution >= 4 is 5.82 Å². The Morgan fingerprint density at radius 2 is 2.06 bits per heavy atom. The van der Waals surface area contributed by atoms with Crippen molar-refractivity contribution in [2.24, 2.45) is 0 Å². The van der Waals surface area contributed by atoms with Gasteiger partial charge < -0.3 is 10.8 Å². The Morgan fingerprint density at radius 1 is 1.28 bits per heavy atom. The highest BCUT2D eigenvalue weighted by molar-refractivity contribution is 5.55. The molecule has 3 N–H and O–H groups in total. The number of aryl methyl sites for hydroxylation is 2. The van der Waals surface area contributed by atoms with Crippen molar-refractivity contribution in [2.45, 2.75) is 25.4 Å². The molecule has 0 fully saturated rings. The zero-order chi connectivity index (χ0) is 12.8. The Labute approximate surface area is 106 Å². The van der Waals surface area contributed by atoms with E-state index in [2.05, 4.69) is 11.1 Å². The Bertz CT molecular complexity index is 589. The summed E-state index contributed by atoms with van der Waals surface area (Å²) in [6.45, 7) is 1.96. The molecule has 1 heterocycles. The van der Waals surface area contributed by atoms with E-state index in [1.807, 2.05) is 31.2 Å². The second-order valence-corrected chi connectivity index (χ2v) is 4.91. The molecule has 0 aliphatic heterocycles. The molecule has 18 heavy (non-hydrogen) atoms. The number of aromatic nitrogens is 1. The number of nitrogens with zero attached hydrogens (tertiary/aromatic N) is 1. The first kappa shape index (κ1) is 11.2. The van der Waals surface area contributed by atoms with Gasteiger partial charge in [0.05, 0.1) is 0 Å². The van der Waals surface area contributed by atoms with Gasteiger partial charge in [0.1, 0.15) is 11.4 Å². The fourth-order valence-electron chi connectivity index (χ4n) is 2.97. The molecule has 92 valence electrons. The number of nitrogens with two attached hydrogens (primary N) is 1. The second-order valence-electron chi connectivity index (χ2n) is 4.91. The Balaban J connectivity index is 2.24. The largest absolute Gasteiger partial charge is 0.383 e. The third kappa shape index (κ3) is 1.44. The minimum atomic E-state index is -0.987. The summed E-state index contributed by atoms with van der Waals surface area (Å²) in [4.78, 5) is 4.12. The lowest BCUT2D eigenvalue weighted by molar-refractivity contribution is 0.0828. The van der Waals surface area contributed by atoms with E-state index in [-0.39, 0.29) is 0 Å². The summed E-state index contributed by atoms with van der Waals surface area (Å²) in [5, 5.41) is 11.1. The van der Waals surface area contributed by atoms with E-state index in [1.165, 1.54) is 5.56 Å². The first-order valence-corrected chi connectivity index (χ1v) is 6.15. The van der Waals surface area contributed by atoms with Gasteiger partial charge in [-0.2, -0.15) is 0 Å². The van der Waals surface area contributed by atoms with Crippen molar-refractivity contribution in [3.8, 4) is 0 Å². The van der Waals surface area contributed by atoms with Crippen molar-refractivity contribution in [2.75, 3.05) is 5.73 Å². The number of hydrogen-bond acceptors (Lipinski definition) is 3. The molecule has 0 saturated carbocycles. The normalized spacial score (nSPS) is 21.9. The molecule has 0 bridgehead atoms. The fraction of sp³-hybridized carbons (Fsp3) is 0.267. The van der Waals surface area contributed by atoms with Crippen LogP contribution in [0.3, 0.4) is 0 Å². The van der Waals surface area contributed by atoms with Crippen LogP contribution in [-0.4, -0.2) is 10.1 Å². The van der Waals surface area contributed by atoms with Gasteiger partial charge in [-0.1, -0.05) is 24.3 Å². The molecule has 3 nitrogen and oxygen atoms in total. The Kier molecular flexibility index (Phi) is 2.38. The first-order chi connectivity index (χ1) is 8.63. The molecule has 1 aliphatic carbocycles. The molecule has 0 amide bonds. The molecular formula is C15H16N2O. The molecule has 1 unspecified atom stereocenters. The maximum Gasteiger partial charge on any atom is 0.130 e. The maximum atomic E-state index is 11.1. The predicted molar refractivity (Wildman–Crippen MR) is 71.1 cm³/mol. The average Bonchev–Trinajstić information content (AvgIpc) is 2.69. The summed E-state index contributed by atoms with van der Waals surface area (Å²) < 4.78 is 0. The zero-order valence-electron chi connectivity index (χ0n) is 10.4.